The summed E-state index contributed by atoms with van der Waals surface area (Å²) >= 11 is 0. The summed E-state index contributed by atoms with van der Waals surface area (Å²) in [4.78, 5) is 0.111. The summed E-state index contributed by atoms with van der Waals surface area (Å²) in [5.74, 6) is 0. The van der Waals surface area contributed by atoms with Crippen LogP contribution in [0.5, 0.6) is 0 Å². The largest absolute Gasteiger partial charge is 0.398 e. The molecule has 0 aliphatic carbocycles. The normalized spacial score (nSPS) is 11.2. The molecule has 0 saturated carbocycles. The molecule has 0 spiro atoms. The molecular formula is C8H11NO6S2. The highest BCUT2D eigenvalue weighted by Crippen LogP contribution is 2.18. The first-order chi connectivity index (χ1) is 7.58. The van der Waals surface area contributed by atoms with Gasteiger partial charge in [-0.05, 0) is 12.1 Å². The Kier molecular flexibility index (Phi) is 5.29. The summed E-state index contributed by atoms with van der Waals surface area (Å²) in [6.45, 7) is 3.21. The van der Waals surface area contributed by atoms with Crippen molar-refractivity contribution < 1.29 is 25.9 Å². The molecule has 96 valence electrons. The van der Waals surface area contributed by atoms with E-state index in [0.717, 1.165) is 5.41 Å². The first-order valence-electron chi connectivity index (χ1n) is 4.00. The quantitative estimate of drug-likeness (QED) is 0.531. The zero-order valence-corrected chi connectivity index (χ0v) is 10.1. The maximum Gasteiger partial charge on any atom is 0.394 e. The molecule has 0 aromatic heterocycles. The van der Waals surface area contributed by atoms with Crippen LogP contribution in [0, 0.1) is 0 Å². The molecule has 17 heavy (non-hydrogen) atoms. The first kappa shape index (κ1) is 15.6. The number of anilines is 1. The number of sulfone groups is 1. The highest BCUT2D eigenvalue weighted by molar-refractivity contribution is 7.94. The van der Waals surface area contributed by atoms with Crippen molar-refractivity contribution in [3.8, 4) is 0 Å². The number of rotatable bonds is 2. The lowest BCUT2D eigenvalue weighted by molar-refractivity contribution is 0.381. The summed E-state index contributed by atoms with van der Waals surface area (Å²) in [7, 11) is -8.06. The number of para-hydroxylation sites is 1. The lowest BCUT2D eigenvalue weighted by atomic mass is 10.3. The first-order valence-corrected chi connectivity index (χ1v) is 6.94. The van der Waals surface area contributed by atoms with Gasteiger partial charge in [-0.3, -0.25) is 9.11 Å². The molecule has 7 nitrogen and oxygen atoms in total. The minimum Gasteiger partial charge on any atom is -0.398 e. The Morgan fingerprint density at radius 2 is 1.53 bits per heavy atom. The molecule has 1 aromatic carbocycles. The third-order valence-corrected chi connectivity index (χ3v) is 2.87. The van der Waals surface area contributed by atoms with E-state index in [1.54, 1.807) is 12.1 Å². The van der Waals surface area contributed by atoms with Crippen molar-refractivity contribution in [1.82, 2.24) is 0 Å². The fraction of sp³-hybridized carbons (Fsp3) is 0. The van der Waals surface area contributed by atoms with Crippen molar-refractivity contribution >= 4 is 25.9 Å². The zero-order chi connectivity index (χ0) is 13.7. The van der Waals surface area contributed by atoms with Crippen LogP contribution in [0.15, 0.2) is 41.1 Å². The lowest BCUT2D eigenvalue weighted by Gasteiger charge is -2.01. The van der Waals surface area contributed by atoms with E-state index < -0.39 is 20.2 Å². The Hall–Kier alpha value is -1.42. The Labute approximate surface area is 99.1 Å². The molecule has 9 heteroatoms. The second-order valence-electron chi connectivity index (χ2n) is 2.70. The molecule has 4 N–H and O–H groups in total. The van der Waals surface area contributed by atoms with Gasteiger partial charge in [-0.2, -0.15) is 8.42 Å². The predicted molar refractivity (Wildman–Crippen MR) is 62.4 cm³/mol. The third-order valence-electron chi connectivity index (χ3n) is 1.44. The molecule has 0 aliphatic heterocycles. The van der Waals surface area contributed by atoms with Crippen molar-refractivity contribution in [2.75, 3.05) is 5.73 Å². The fourth-order valence-electron chi connectivity index (χ4n) is 0.829. The minimum atomic E-state index is -4.67. The molecule has 0 radical (unpaired) electrons. The number of nitrogen functional groups attached to an aromatic ring is 1. The van der Waals surface area contributed by atoms with E-state index in [1.165, 1.54) is 12.1 Å². The van der Waals surface area contributed by atoms with Crippen LogP contribution in [0.4, 0.5) is 5.69 Å². The van der Waals surface area contributed by atoms with Crippen LogP contribution < -0.4 is 5.73 Å². The summed E-state index contributed by atoms with van der Waals surface area (Å²) in [6, 6.07) is 6.28. The van der Waals surface area contributed by atoms with Crippen molar-refractivity contribution in [3.63, 3.8) is 0 Å². The van der Waals surface area contributed by atoms with E-state index in [0.29, 0.717) is 0 Å². The zero-order valence-electron chi connectivity index (χ0n) is 8.52. The number of nitrogens with two attached hydrogens (primary N) is 1. The van der Waals surface area contributed by atoms with E-state index in [-0.39, 0.29) is 10.6 Å². The minimum absolute atomic E-state index is 0.111. The van der Waals surface area contributed by atoms with Crippen molar-refractivity contribution in [2.45, 2.75) is 4.90 Å². The molecule has 0 aliphatic rings. The van der Waals surface area contributed by atoms with Gasteiger partial charge in [0.15, 0.2) is 0 Å². The van der Waals surface area contributed by atoms with Gasteiger partial charge in [0.1, 0.15) is 0 Å². The highest BCUT2D eigenvalue weighted by atomic mass is 32.3. The molecule has 0 heterocycles. The van der Waals surface area contributed by atoms with Gasteiger partial charge < -0.3 is 5.73 Å². The lowest BCUT2D eigenvalue weighted by Crippen LogP contribution is -2.00. The molecule has 0 amide bonds. The molecule has 1 aromatic rings. The van der Waals surface area contributed by atoms with Gasteiger partial charge in [0, 0.05) is 5.41 Å². The van der Waals surface area contributed by atoms with E-state index in [2.05, 4.69) is 6.58 Å². The fourth-order valence-corrected chi connectivity index (χ4v) is 1.67. The van der Waals surface area contributed by atoms with E-state index >= 15 is 0 Å². The maximum absolute atomic E-state index is 11.2. The molecule has 0 atom stereocenters. The number of benzene rings is 1. The summed E-state index contributed by atoms with van der Waals surface area (Å²) in [5, 5.41) is 0.888. The molecule has 0 fully saturated rings. The van der Waals surface area contributed by atoms with Gasteiger partial charge in [-0.15, -0.1) is 0 Å². The van der Waals surface area contributed by atoms with Gasteiger partial charge in [0.25, 0.3) is 0 Å². The SMILES string of the molecule is C=CS(=O)(=O)c1ccccc1N.O=S(=O)(O)O. The van der Waals surface area contributed by atoms with Crippen LogP contribution in [0.1, 0.15) is 0 Å². The van der Waals surface area contributed by atoms with Crippen LogP contribution >= 0.6 is 0 Å². The van der Waals surface area contributed by atoms with E-state index in [4.69, 9.17) is 23.3 Å². The second-order valence-corrected chi connectivity index (χ2v) is 5.46. The highest BCUT2D eigenvalue weighted by Gasteiger charge is 2.11. The van der Waals surface area contributed by atoms with E-state index in [9.17, 15) is 8.42 Å². The van der Waals surface area contributed by atoms with Crippen LogP contribution in [0.2, 0.25) is 0 Å². The third kappa shape index (κ3) is 6.68. The standard InChI is InChI=1S/C8H9NO2S.H2O4S/c1-2-12(10,11)8-6-4-3-5-7(8)9;1-5(2,3)4/h2-6H,1,9H2;(H2,1,2,3,4). The summed E-state index contributed by atoms with van der Waals surface area (Å²) in [6.07, 6.45) is 0. The van der Waals surface area contributed by atoms with Crippen LogP contribution in [-0.2, 0) is 20.2 Å². The number of hydrogen-bond donors (Lipinski definition) is 3. The molecule has 1 rings (SSSR count). The topological polar surface area (TPSA) is 135 Å². The van der Waals surface area contributed by atoms with E-state index in [1.807, 2.05) is 0 Å². The Morgan fingerprint density at radius 1 is 1.12 bits per heavy atom. The van der Waals surface area contributed by atoms with Gasteiger partial charge in [0.05, 0.1) is 10.6 Å². The van der Waals surface area contributed by atoms with Crippen molar-refractivity contribution in [2.24, 2.45) is 0 Å². The number of hydrogen-bond acceptors (Lipinski definition) is 5. The molecule has 0 bridgehead atoms. The Morgan fingerprint density at radius 3 is 1.88 bits per heavy atom. The maximum atomic E-state index is 11.2. The average molecular weight is 281 g/mol. The van der Waals surface area contributed by atoms with Crippen molar-refractivity contribution in [1.29, 1.82) is 0 Å². The Balaban J connectivity index is 0.000000437. The smallest absolute Gasteiger partial charge is 0.394 e. The molecule has 0 unspecified atom stereocenters. The summed E-state index contributed by atoms with van der Waals surface area (Å²) in [5.41, 5.74) is 5.70. The van der Waals surface area contributed by atoms with Gasteiger partial charge >= 0.3 is 10.4 Å². The van der Waals surface area contributed by atoms with Crippen LogP contribution in [0.3, 0.4) is 0 Å². The van der Waals surface area contributed by atoms with Crippen LogP contribution in [0.25, 0.3) is 0 Å². The average Bonchev–Trinajstić information content (AvgIpc) is 2.15. The predicted octanol–water partition coefficient (Wildman–Crippen LogP) is 0.533. The van der Waals surface area contributed by atoms with Gasteiger partial charge in [0.2, 0.25) is 9.84 Å². The van der Waals surface area contributed by atoms with Crippen molar-refractivity contribution in [3.05, 3.63) is 36.3 Å². The van der Waals surface area contributed by atoms with Crippen LogP contribution in [-0.4, -0.2) is 25.9 Å². The van der Waals surface area contributed by atoms with Gasteiger partial charge in [-0.25, -0.2) is 8.42 Å². The second kappa shape index (κ2) is 5.77. The van der Waals surface area contributed by atoms with Gasteiger partial charge in [-0.1, -0.05) is 18.7 Å². The Bertz CT molecular complexity index is 582. The molecular weight excluding hydrogens is 270 g/mol. The molecule has 0 saturated heterocycles. The monoisotopic (exact) mass is 281 g/mol. The summed E-state index contributed by atoms with van der Waals surface area (Å²) < 4.78 is 54.0.